The summed E-state index contributed by atoms with van der Waals surface area (Å²) in [5, 5.41) is 2.73. The average Bonchev–Trinajstić information content (AvgIpc) is 2.92. The Kier molecular flexibility index (Phi) is 4.76. The molecule has 2 heterocycles. The number of nitrogens with one attached hydrogen (secondary N) is 1. The van der Waals surface area contributed by atoms with Crippen LogP contribution in [-0.2, 0) is 4.74 Å². The van der Waals surface area contributed by atoms with Gasteiger partial charge in [-0.15, -0.1) is 12.3 Å². The van der Waals surface area contributed by atoms with Crippen LogP contribution >= 0.6 is 0 Å². The molecule has 1 N–H and O–H groups in total. The zero-order valence-electron chi connectivity index (χ0n) is 10.6. The topological polar surface area (TPSA) is 60.5 Å². The van der Waals surface area contributed by atoms with Crippen molar-refractivity contribution in [1.29, 1.82) is 0 Å². The van der Waals surface area contributed by atoms with Gasteiger partial charge in [0.25, 0.3) is 5.91 Å². The van der Waals surface area contributed by atoms with E-state index in [0.717, 1.165) is 6.42 Å². The zero-order valence-corrected chi connectivity index (χ0v) is 10.6. The van der Waals surface area contributed by atoms with Gasteiger partial charge in [-0.2, -0.15) is 0 Å². The summed E-state index contributed by atoms with van der Waals surface area (Å²) in [4.78, 5) is 16.1. The van der Waals surface area contributed by atoms with Gasteiger partial charge in [0.2, 0.25) is 5.88 Å². The first-order valence-electron chi connectivity index (χ1n) is 6.22. The number of aromatic nitrogens is 1. The molecule has 0 unspecified atom stereocenters. The maximum Gasteiger partial charge on any atom is 0.256 e. The van der Waals surface area contributed by atoms with Crippen LogP contribution in [0, 0.1) is 12.3 Å². The molecule has 1 fully saturated rings. The molecule has 5 nitrogen and oxygen atoms in total. The smallest absolute Gasteiger partial charge is 0.256 e. The molecule has 1 aromatic heterocycles. The predicted molar refractivity (Wildman–Crippen MR) is 69.9 cm³/mol. The van der Waals surface area contributed by atoms with Gasteiger partial charge in [0, 0.05) is 25.6 Å². The molecule has 1 amide bonds. The van der Waals surface area contributed by atoms with E-state index in [-0.39, 0.29) is 12.0 Å². The minimum atomic E-state index is -0.225. The molecule has 1 aliphatic heterocycles. The second-order valence-electron chi connectivity index (χ2n) is 4.17. The van der Waals surface area contributed by atoms with E-state index in [1.165, 1.54) is 0 Å². The van der Waals surface area contributed by atoms with E-state index in [9.17, 15) is 4.79 Å². The van der Waals surface area contributed by atoms with Crippen molar-refractivity contribution in [1.82, 2.24) is 10.3 Å². The minimum absolute atomic E-state index is 0.0350. The summed E-state index contributed by atoms with van der Waals surface area (Å²) in [6.45, 7) is 1.66. The third kappa shape index (κ3) is 3.70. The highest BCUT2D eigenvalue weighted by atomic mass is 16.5. The molecular weight excluding hydrogens is 244 g/mol. The summed E-state index contributed by atoms with van der Waals surface area (Å²) in [7, 11) is 0. The second kappa shape index (κ2) is 6.76. The largest absolute Gasteiger partial charge is 0.471 e. The van der Waals surface area contributed by atoms with Gasteiger partial charge in [0.15, 0.2) is 0 Å². The van der Waals surface area contributed by atoms with Crippen molar-refractivity contribution in [3.05, 3.63) is 23.9 Å². The number of nitrogens with zero attached hydrogens (tertiary/aromatic N) is 1. The number of hydrogen-bond donors (Lipinski definition) is 1. The average molecular weight is 260 g/mol. The Bertz CT molecular complexity index is 476. The third-order valence-electron chi connectivity index (χ3n) is 2.74. The molecule has 0 spiro atoms. The van der Waals surface area contributed by atoms with Crippen LogP contribution in [0.2, 0.25) is 0 Å². The molecule has 0 radical (unpaired) electrons. The lowest BCUT2D eigenvalue weighted by atomic mass is 10.2. The Morgan fingerprint density at radius 3 is 3.32 bits per heavy atom. The molecule has 2 rings (SSSR count). The van der Waals surface area contributed by atoms with Gasteiger partial charge in [-0.05, 0) is 12.1 Å². The van der Waals surface area contributed by atoms with Crippen LogP contribution in [-0.4, -0.2) is 36.8 Å². The minimum Gasteiger partial charge on any atom is -0.471 e. The molecule has 0 aromatic carbocycles. The molecular formula is C14H16N2O3. The van der Waals surface area contributed by atoms with Gasteiger partial charge in [0.1, 0.15) is 11.7 Å². The normalized spacial score (nSPS) is 17.7. The van der Waals surface area contributed by atoms with Crippen LogP contribution in [0.15, 0.2) is 18.3 Å². The molecule has 0 aliphatic carbocycles. The maximum atomic E-state index is 12.0. The van der Waals surface area contributed by atoms with E-state index in [2.05, 4.69) is 16.2 Å². The van der Waals surface area contributed by atoms with Gasteiger partial charge in [0.05, 0.1) is 13.2 Å². The molecule has 0 saturated carbocycles. The van der Waals surface area contributed by atoms with Gasteiger partial charge >= 0.3 is 0 Å². The van der Waals surface area contributed by atoms with Crippen molar-refractivity contribution in [2.24, 2.45) is 0 Å². The Labute approximate surface area is 112 Å². The SMILES string of the molecule is C#CCCNC(=O)c1cccnc1O[C@@H]1CCOC1. The Balaban J connectivity index is 2.02. The summed E-state index contributed by atoms with van der Waals surface area (Å²) in [6.07, 6.45) is 8.02. The van der Waals surface area contributed by atoms with E-state index in [0.29, 0.717) is 37.6 Å². The van der Waals surface area contributed by atoms with Crippen LogP contribution in [0.5, 0.6) is 5.88 Å². The van der Waals surface area contributed by atoms with E-state index in [4.69, 9.17) is 15.9 Å². The highest BCUT2D eigenvalue weighted by Gasteiger charge is 2.21. The van der Waals surface area contributed by atoms with Crippen molar-refractivity contribution in [2.75, 3.05) is 19.8 Å². The number of amides is 1. The number of terminal acetylenes is 1. The second-order valence-corrected chi connectivity index (χ2v) is 4.17. The summed E-state index contributed by atoms with van der Waals surface area (Å²) in [5.41, 5.74) is 0.423. The lowest BCUT2D eigenvalue weighted by Gasteiger charge is -2.13. The molecule has 1 aliphatic rings. The highest BCUT2D eigenvalue weighted by molar-refractivity contribution is 5.96. The van der Waals surface area contributed by atoms with Crippen LogP contribution in [0.25, 0.3) is 0 Å². The van der Waals surface area contributed by atoms with Crippen LogP contribution in [0.3, 0.4) is 0 Å². The number of hydrogen-bond acceptors (Lipinski definition) is 4. The molecule has 100 valence electrons. The fraction of sp³-hybridized carbons (Fsp3) is 0.429. The fourth-order valence-electron chi connectivity index (χ4n) is 1.76. The Morgan fingerprint density at radius 2 is 2.58 bits per heavy atom. The van der Waals surface area contributed by atoms with Crippen LogP contribution < -0.4 is 10.1 Å². The lowest BCUT2D eigenvalue weighted by Crippen LogP contribution is -2.26. The van der Waals surface area contributed by atoms with Crippen LogP contribution in [0.1, 0.15) is 23.2 Å². The van der Waals surface area contributed by atoms with Crippen molar-refractivity contribution in [2.45, 2.75) is 18.9 Å². The number of ether oxygens (including phenoxy) is 2. The summed E-state index contributed by atoms with van der Waals surface area (Å²) >= 11 is 0. The maximum absolute atomic E-state index is 12.0. The lowest BCUT2D eigenvalue weighted by molar-refractivity contribution is 0.0941. The number of carbonyl (C=O) groups is 1. The Morgan fingerprint density at radius 1 is 1.68 bits per heavy atom. The third-order valence-corrected chi connectivity index (χ3v) is 2.74. The molecule has 1 saturated heterocycles. The van der Waals surface area contributed by atoms with E-state index >= 15 is 0 Å². The van der Waals surface area contributed by atoms with Crippen LogP contribution in [0.4, 0.5) is 0 Å². The zero-order chi connectivity index (χ0) is 13.5. The first-order valence-corrected chi connectivity index (χ1v) is 6.22. The highest BCUT2D eigenvalue weighted by Crippen LogP contribution is 2.18. The monoisotopic (exact) mass is 260 g/mol. The van der Waals surface area contributed by atoms with Crippen molar-refractivity contribution in [3.63, 3.8) is 0 Å². The first kappa shape index (κ1) is 13.4. The van der Waals surface area contributed by atoms with Gasteiger partial charge in [-0.3, -0.25) is 4.79 Å². The van der Waals surface area contributed by atoms with Gasteiger partial charge < -0.3 is 14.8 Å². The standard InChI is InChI=1S/C14H16N2O3/c1-2-3-7-15-13(17)12-5-4-8-16-14(12)19-11-6-9-18-10-11/h1,4-5,8,11H,3,6-7,9-10H2,(H,15,17)/t11-/m1/s1. The molecule has 1 aromatic rings. The Hall–Kier alpha value is -2.06. The van der Waals surface area contributed by atoms with E-state index in [1.807, 2.05) is 0 Å². The summed E-state index contributed by atoms with van der Waals surface area (Å²) in [6, 6.07) is 3.39. The van der Waals surface area contributed by atoms with E-state index in [1.54, 1.807) is 18.3 Å². The molecule has 1 atom stereocenters. The van der Waals surface area contributed by atoms with Crippen molar-refractivity contribution >= 4 is 5.91 Å². The molecule has 5 heteroatoms. The number of carbonyl (C=O) groups excluding carboxylic acids is 1. The van der Waals surface area contributed by atoms with E-state index < -0.39 is 0 Å². The fourth-order valence-corrected chi connectivity index (χ4v) is 1.76. The number of pyridine rings is 1. The first-order chi connectivity index (χ1) is 9.31. The molecule has 19 heavy (non-hydrogen) atoms. The number of rotatable bonds is 5. The predicted octanol–water partition coefficient (Wildman–Crippen LogP) is 1.00. The van der Waals surface area contributed by atoms with Gasteiger partial charge in [-0.1, -0.05) is 0 Å². The summed E-state index contributed by atoms with van der Waals surface area (Å²) < 4.78 is 10.9. The quantitative estimate of drug-likeness (QED) is 0.634. The van der Waals surface area contributed by atoms with Crippen molar-refractivity contribution < 1.29 is 14.3 Å². The van der Waals surface area contributed by atoms with Gasteiger partial charge in [-0.25, -0.2) is 4.98 Å². The van der Waals surface area contributed by atoms with Crippen molar-refractivity contribution in [3.8, 4) is 18.2 Å². The summed E-state index contributed by atoms with van der Waals surface area (Å²) in [5.74, 6) is 2.59. The molecule has 0 bridgehead atoms.